The highest BCUT2D eigenvalue weighted by molar-refractivity contribution is 9.10. The van der Waals surface area contributed by atoms with E-state index in [0.717, 1.165) is 17.3 Å². The van der Waals surface area contributed by atoms with Crippen molar-refractivity contribution in [3.63, 3.8) is 0 Å². The molecule has 1 saturated carbocycles. The zero-order valence-corrected chi connectivity index (χ0v) is 11.6. The van der Waals surface area contributed by atoms with Gasteiger partial charge in [-0.3, -0.25) is 0 Å². The molecule has 0 nitrogen and oxygen atoms in total. The van der Waals surface area contributed by atoms with Crippen molar-refractivity contribution in [3.05, 3.63) is 33.1 Å². The molecule has 1 fully saturated rings. The number of hydrogen-bond donors (Lipinski definition) is 0. The number of benzene rings is 1. The summed E-state index contributed by atoms with van der Waals surface area (Å²) >= 11 is 3.47. The highest BCUT2D eigenvalue weighted by Crippen LogP contribution is 2.44. The van der Waals surface area contributed by atoms with Crippen LogP contribution < -0.4 is 10.4 Å². The average molecular weight is 313 g/mol. The van der Waals surface area contributed by atoms with Gasteiger partial charge in [-0.15, -0.1) is 0 Å². The van der Waals surface area contributed by atoms with Crippen molar-refractivity contribution < 1.29 is 8.78 Å². The zero-order chi connectivity index (χ0) is 12.8. The summed E-state index contributed by atoms with van der Waals surface area (Å²) < 4.78 is 26.4. The Kier molecular flexibility index (Phi) is 3.05. The molecule has 1 aromatic rings. The van der Waals surface area contributed by atoms with Crippen molar-refractivity contribution >= 4 is 28.1 Å². The lowest BCUT2D eigenvalue weighted by molar-refractivity contribution is 0.0463. The number of halogens is 3. The Hall–Kier alpha value is -0.700. The van der Waals surface area contributed by atoms with Crippen LogP contribution in [0, 0.1) is 11.3 Å². The number of alkyl halides is 2. The first-order valence-electron chi connectivity index (χ1n) is 6.38. The molecule has 1 aromatic carbocycles. The van der Waals surface area contributed by atoms with Crippen LogP contribution in [0.1, 0.15) is 25.7 Å². The summed E-state index contributed by atoms with van der Waals surface area (Å²) in [6, 6.07) is 6.25. The number of fused-ring (bicyclic) bond motifs is 1. The molecule has 2 aliphatic carbocycles. The SMILES string of the molecule is FC(F)C1CCC2(C=c3ccc(Br)cc3=C2)CC1. The fourth-order valence-electron chi connectivity index (χ4n) is 3.18. The Morgan fingerprint density at radius 2 is 1.78 bits per heavy atom. The third kappa shape index (κ3) is 2.13. The minimum Gasteiger partial charge on any atom is -0.210 e. The van der Waals surface area contributed by atoms with Gasteiger partial charge in [-0.2, -0.15) is 0 Å². The Labute approximate surface area is 114 Å². The highest BCUT2D eigenvalue weighted by atomic mass is 79.9. The van der Waals surface area contributed by atoms with Gasteiger partial charge in [0.25, 0.3) is 0 Å². The molecule has 2 aliphatic rings. The van der Waals surface area contributed by atoms with Gasteiger partial charge in [-0.25, -0.2) is 8.78 Å². The largest absolute Gasteiger partial charge is 0.241 e. The van der Waals surface area contributed by atoms with Crippen LogP contribution in [0.25, 0.3) is 12.2 Å². The fraction of sp³-hybridized carbons (Fsp3) is 0.467. The van der Waals surface area contributed by atoms with Crippen molar-refractivity contribution in [2.24, 2.45) is 11.3 Å². The minimum atomic E-state index is -2.15. The molecule has 3 heteroatoms. The summed E-state index contributed by atoms with van der Waals surface area (Å²) in [5.41, 5.74) is 0.0362. The second kappa shape index (κ2) is 4.44. The summed E-state index contributed by atoms with van der Waals surface area (Å²) in [4.78, 5) is 0. The van der Waals surface area contributed by atoms with Crippen LogP contribution >= 0.6 is 15.9 Å². The third-order valence-corrected chi connectivity index (χ3v) is 4.75. The van der Waals surface area contributed by atoms with Crippen LogP contribution in [-0.2, 0) is 0 Å². The van der Waals surface area contributed by atoms with Crippen LogP contribution in [0.4, 0.5) is 8.78 Å². The lowest BCUT2D eigenvalue weighted by Crippen LogP contribution is -2.26. The number of hydrogen-bond acceptors (Lipinski definition) is 0. The van der Waals surface area contributed by atoms with Gasteiger partial charge in [0.15, 0.2) is 0 Å². The topological polar surface area (TPSA) is 0 Å². The van der Waals surface area contributed by atoms with Crippen molar-refractivity contribution in [1.82, 2.24) is 0 Å². The van der Waals surface area contributed by atoms with E-state index in [2.05, 4.69) is 40.2 Å². The second-order valence-electron chi connectivity index (χ2n) is 5.47. The van der Waals surface area contributed by atoms with E-state index in [-0.39, 0.29) is 5.41 Å². The van der Waals surface area contributed by atoms with E-state index in [1.807, 2.05) is 6.07 Å². The Bertz CT molecular complexity index is 569. The van der Waals surface area contributed by atoms with Crippen molar-refractivity contribution in [3.8, 4) is 0 Å². The molecular weight excluding hydrogens is 298 g/mol. The van der Waals surface area contributed by atoms with E-state index in [4.69, 9.17) is 0 Å². The van der Waals surface area contributed by atoms with E-state index < -0.39 is 12.3 Å². The normalized spacial score (nSPS) is 30.1. The van der Waals surface area contributed by atoms with E-state index in [0.29, 0.717) is 12.8 Å². The molecular formula is C15H15BrF2. The van der Waals surface area contributed by atoms with Crippen molar-refractivity contribution in [2.75, 3.05) is 0 Å². The molecule has 0 amide bonds. The van der Waals surface area contributed by atoms with Crippen molar-refractivity contribution in [2.45, 2.75) is 32.1 Å². The van der Waals surface area contributed by atoms with E-state index >= 15 is 0 Å². The molecule has 18 heavy (non-hydrogen) atoms. The van der Waals surface area contributed by atoms with Gasteiger partial charge in [-0.1, -0.05) is 34.1 Å². The van der Waals surface area contributed by atoms with Gasteiger partial charge in [0.1, 0.15) is 0 Å². The van der Waals surface area contributed by atoms with Crippen LogP contribution in [0.5, 0.6) is 0 Å². The maximum absolute atomic E-state index is 12.7. The predicted molar refractivity (Wildman–Crippen MR) is 72.7 cm³/mol. The zero-order valence-electron chi connectivity index (χ0n) is 10.0. The molecule has 0 radical (unpaired) electrons. The molecule has 1 spiro atoms. The molecule has 0 heterocycles. The fourth-order valence-corrected chi connectivity index (χ4v) is 3.56. The third-order valence-electron chi connectivity index (χ3n) is 4.25. The Balaban J connectivity index is 1.88. The first kappa shape index (κ1) is 12.3. The van der Waals surface area contributed by atoms with E-state index in [1.165, 1.54) is 10.4 Å². The van der Waals surface area contributed by atoms with Crippen LogP contribution in [-0.4, -0.2) is 6.43 Å². The molecule has 0 aliphatic heterocycles. The van der Waals surface area contributed by atoms with Gasteiger partial charge >= 0.3 is 0 Å². The lowest BCUT2D eigenvalue weighted by atomic mass is 9.71. The van der Waals surface area contributed by atoms with E-state index in [1.54, 1.807) is 0 Å². The molecule has 0 unspecified atom stereocenters. The van der Waals surface area contributed by atoms with Gasteiger partial charge in [0, 0.05) is 15.8 Å². The molecule has 0 saturated heterocycles. The smallest absolute Gasteiger partial charge is 0.210 e. The molecule has 0 N–H and O–H groups in total. The maximum atomic E-state index is 12.7. The van der Waals surface area contributed by atoms with Crippen molar-refractivity contribution in [1.29, 1.82) is 0 Å². The second-order valence-corrected chi connectivity index (χ2v) is 6.38. The summed E-state index contributed by atoms with van der Waals surface area (Å²) in [6.45, 7) is 0. The highest BCUT2D eigenvalue weighted by Gasteiger charge is 2.36. The minimum absolute atomic E-state index is 0.0362. The molecule has 0 aromatic heterocycles. The number of rotatable bonds is 1. The summed E-state index contributed by atoms with van der Waals surface area (Å²) in [6.07, 6.45) is 5.38. The standard InChI is InChI=1S/C15H15BrF2/c16-13-2-1-11-8-15(9-12(11)7-13)5-3-10(4-6-15)14(17)18/h1-2,7-10,14H,3-6H2. The van der Waals surface area contributed by atoms with Gasteiger partial charge < -0.3 is 0 Å². The quantitative estimate of drug-likeness (QED) is 0.745. The first-order chi connectivity index (χ1) is 8.58. The van der Waals surface area contributed by atoms with Gasteiger partial charge in [0.2, 0.25) is 6.43 Å². The van der Waals surface area contributed by atoms with Crippen LogP contribution in [0.15, 0.2) is 22.7 Å². The van der Waals surface area contributed by atoms with Crippen LogP contribution in [0.2, 0.25) is 0 Å². The van der Waals surface area contributed by atoms with Gasteiger partial charge in [-0.05, 0) is 48.3 Å². The predicted octanol–water partition coefficient (Wildman–Crippen LogP) is 3.47. The summed E-state index contributed by atoms with van der Waals surface area (Å²) in [5, 5.41) is 2.48. The maximum Gasteiger partial charge on any atom is 0.241 e. The Morgan fingerprint density at radius 1 is 1.11 bits per heavy atom. The summed E-state index contributed by atoms with van der Waals surface area (Å²) in [5.74, 6) is -0.395. The molecule has 0 atom stereocenters. The molecule has 3 rings (SSSR count). The van der Waals surface area contributed by atoms with Gasteiger partial charge in [0.05, 0.1) is 0 Å². The monoisotopic (exact) mass is 312 g/mol. The average Bonchev–Trinajstić information content (AvgIpc) is 2.66. The summed E-state index contributed by atoms with van der Waals surface area (Å²) in [7, 11) is 0. The molecule has 0 bridgehead atoms. The lowest BCUT2D eigenvalue weighted by Gasteiger charge is -2.34. The van der Waals surface area contributed by atoms with E-state index in [9.17, 15) is 8.78 Å². The first-order valence-corrected chi connectivity index (χ1v) is 7.17. The Morgan fingerprint density at radius 3 is 2.44 bits per heavy atom. The molecule has 96 valence electrons. The van der Waals surface area contributed by atoms with Crippen LogP contribution in [0.3, 0.4) is 0 Å².